The van der Waals surface area contributed by atoms with Crippen molar-refractivity contribution >= 4 is 12.4 Å². The maximum atomic E-state index is 13.0. The second-order valence-electron chi connectivity index (χ2n) is 4.23. The van der Waals surface area contributed by atoms with Crippen molar-refractivity contribution in [3.63, 3.8) is 0 Å². The molecular weight excluding hydrogens is 213 g/mol. The zero-order valence-corrected chi connectivity index (χ0v) is 9.69. The summed E-state index contributed by atoms with van der Waals surface area (Å²) in [5, 5.41) is 0. The Labute approximate surface area is 96.3 Å². The van der Waals surface area contributed by atoms with Crippen LogP contribution >= 0.6 is 12.4 Å². The Balaban J connectivity index is 0.00000112. The summed E-state index contributed by atoms with van der Waals surface area (Å²) in [7, 11) is 0. The lowest BCUT2D eigenvalue weighted by atomic mass is 9.77. The minimum atomic E-state index is -0.144. The second kappa shape index (κ2) is 4.95. The molecule has 2 rings (SSSR count). The topological polar surface area (TPSA) is 26.0 Å². The van der Waals surface area contributed by atoms with E-state index in [-0.39, 0.29) is 24.3 Å². The van der Waals surface area contributed by atoms with Crippen molar-refractivity contribution in [2.45, 2.75) is 32.2 Å². The van der Waals surface area contributed by atoms with Crippen LogP contribution in [0.3, 0.4) is 0 Å². The molecule has 0 spiro atoms. The van der Waals surface area contributed by atoms with Crippen LogP contribution in [0.2, 0.25) is 0 Å². The van der Waals surface area contributed by atoms with E-state index in [9.17, 15) is 4.39 Å². The molecule has 0 heterocycles. The Morgan fingerprint density at radius 1 is 1.40 bits per heavy atom. The SMILES string of the molecule is Cc1cc([C@@H](N)C2CCC2)ccc1F.Cl. The molecule has 15 heavy (non-hydrogen) atoms. The van der Waals surface area contributed by atoms with Gasteiger partial charge in [-0.2, -0.15) is 0 Å². The molecule has 1 aromatic rings. The highest BCUT2D eigenvalue weighted by atomic mass is 35.5. The lowest BCUT2D eigenvalue weighted by Gasteiger charge is -2.31. The first kappa shape index (κ1) is 12.5. The minimum absolute atomic E-state index is 0. The zero-order valence-electron chi connectivity index (χ0n) is 8.87. The van der Waals surface area contributed by atoms with E-state index in [1.54, 1.807) is 6.92 Å². The summed E-state index contributed by atoms with van der Waals surface area (Å²) < 4.78 is 13.0. The highest BCUT2D eigenvalue weighted by Crippen LogP contribution is 2.36. The summed E-state index contributed by atoms with van der Waals surface area (Å²) >= 11 is 0. The van der Waals surface area contributed by atoms with E-state index in [0.29, 0.717) is 11.5 Å². The Morgan fingerprint density at radius 3 is 2.53 bits per heavy atom. The molecule has 2 N–H and O–H groups in total. The average molecular weight is 230 g/mol. The molecule has 1 aliphatic rings. The molecule has 0 unspecified atom stereocenters. The second-order valence-corrected chi connectivity index (χ2v) is 4.23. The van der Waals surface area contributed by atoms with E-state index in [2.05, 4.69) is 0 Å². The fourth-order valence-corrected chi connectivity index (χ4v) is 1.95. The van der Waals surface area contributed by atoms with Gasteiger partial charge in [-0.25, -0.2) is 4.39 Å². The molecule has 0 bridgehead atoms. The Morgan fingerprint density at radius 2 is 2.07 bits per heavy atom. The lowest BCUT2D eigenvalue weighted by molar-refractivity contribution is 0.264. The monoisotopic (exact) mass is 229 g/mol. The van der Waals surface area contributed by atoms with Gasteiger partial charge in [-0.3, -0.25) is 0 Å². The minimum Gasteiger partial charge on any atom is -0.324 e. The summed E-state index contributed by atoms with van der Waals surface area (Å²) in [5.41, 5.74) is 7.87. The summed E-state index contributed by atoms with van der Waals surface area (Å²) in [6.45, 7) is 1.78. The van der Waals surface area contributed by atoms with Gasteiger partial charge in [0.2, 0.25) is 0 Å². The Kier molecular flexibility index (Phi) is 4.12. The largest absolute Gasteiger partial charge is 0.324 e. The van der Waals surface area contributed by atoms with E-state index in [4.69, 9.17) is 5.73 Å². The van der Waals surface area contributed by atoms with Crippen LogP contribution in [-0.4, -0.2) is 0 Å². The van der Waals surface area contributed by atoms with Gasteiger partial charge in [0, 0.05) is 6.04 Å². The Bertz CT molecular complexity index is 336. The summed E-state index contributed by atoms with van der Waals surface area (Å²) in [6, 6.07) is 5.30. The summed E-state index contributed by atoms with van der Waals surface area (Å²) in [5.74, 6) is 0.467. The van der Waals surface area contributed by atoms with Crippen LogP contribution in [0, 0.1) is 18.7 Å². The molecule has 0 aromatic heterocycles. The van der Waals surface area contributed by atoms with Crippen molar-refractivity contribution in [1.29, 1.82) is 0 Å². The van der Waals surface area contributed by atoms with Crippen LogP contribution in [0.15, 0.2) is 18.2 Å². The predicted octanol–water partition coefficient (Wildman–Crippen LogP) is 3.36. The summed E-state index contributed by atoms with van der Waals surface area (Å²) in [6.07, 6.45) is 3.73. The number of hydrogen-bond donors (Lipinski definition) is 1. The van der Waals surface area contributed by atoms with Gasteiger partial charge in [-0.15, -0.1) is 12.4 Å². The number of halogens is 2. The van der Waals surface area contributed by atoms with Crippen LogP contribution in [0.5, 0.6) is 0 Å². The third kappa shape index (κ3) is 2.50. The fraction of sp³-hybridized carbons (Fsp3) is 0.500. The number of rotatable bonds is 2. The number of hydrogen-bond acceptors (Lipinski definition) is 1. The lowest BCUT2D eigenvalue weighted by Crippen LogP contribution is -2.26. The summed E-state index contributed by atoms with van der Waals surface area (Å²) in [4.78, 5) is 0. The molecule has 1 aliphatic carbocycles. The van der Waals surface area contributed by atoms with E-state index in [0.717, 1.165) is 5.56 Å². The molecule has 84 valence electrons. The number of aryl methyl sites for hydroxylation is 1. The van der Waals surface area contributed by atoms with Gasteiger partial charge in [0.05, 0.1) is 0 Å². The molecule has 0 radical (unpaired) electrons. The molecule has 0 saturated heterocycles. The first-order valence-corrected chi connectivity index (χ1v) is 5.20. The van der Waals surface area contributed by atoms with E-state index in [1.807, 2.05) is 12.1 Å². The highest BCUT2D eigenvalue weighted by molar-refractivity contribution is 5.85. The molecule has 3 heteroatoms. The van der Waals surface area contributed by atoms with Crippen LogP contribution in [0.1, 0.15) is 36.4 Å². The van der Waals surface area contributed by atoms with Crippen molar-refractivity contribution in [2.75, 3.05) is 0 Å². The van der Waals surface area contributed by atoms with Crippen molar-refractivity contribution in [3.8, 4) is 0 Å². The molecule has 0 amide bonds. The van der Waals surface area contributed by atoms with Gasteiger partial charge in [-0.1, -0.05) is 18.6 Å². The average Bonchev–Trinajstić information content (AvgIpc) is 2.06. The zero-order chi connectivity index (χ0) is 10.1. The maximum Gasteiger partial charge on any atom is 0.126 e. The first-order chi connectivity index (χ1) is 6.68. The highest BCUT2D eigenvalue weighted by Gasteiger charge is 2.25. The van der Waals surface area contributed by atoms with Crippen molar-refractivity contribution in [1.82, 2.24) is 0 Å². The van der Waals surface area contributed by atoms with Gasteiger partial charge in [-0.05, 0) is 42.9 Å². The molecule has 1 saturated carbocycles. The van der Waals surface area contributed by atoms with Gasteiger partial charge >= 0.3 is 0 Å². The molecule has 1 aromatic carbocycles. The van der Waals surface area contributed by atoms with Crippen LogP contribution in [-0.2, 0) is 0 Å². The van der Waals surface area contributed by atoms with Gasteiger partial charge < -0.3 is 5.73 Å². The van der Waals surface area contributed by atoms with Crippen molar-refractivity contribution in [2.24, 2.45) is 11.7 Å². The predicted molar refractivity (Wildman–Crippen MR) is 62.7 cm³/mol. The van der Waals surface area contributed by atoms with Crippen LogP contribution < -0.4 is 5.73 Å². The third-order valence-electron chi connectivity index (χ3n) is 3.22. The molecule has 1 nitrogen and oxygen atoms in total. The van der Waals surface area contributed by atoms with Crippen LogP contribution in [0.25, 0.3) is 0 Å². The van der Waals surface area contributed by atoms with Gasteiger partial charge in [0.15, 0.2) is 0 Å². The molecular formula is C12H17ClFN. The molecule has 1 atom stereocenters. The molecule has 0 aliphatic heterocycles. The number of nitrogens with two attached hydrogens (primary N) is 1. The maximum absolute atomic E-state index is 13.0. The standard InChI is InChI=1S/C12H16FN.ClH/c1-8-7-10(5-6-11(8)13)12(14)9-3-2-4-9;/h5-7,9,12H,2-4,14H2,1H3;1H/t12-;/m0./s1. The van der Waals surface area contributed by atoms with E-state index in [1.165, 1.54) is 25.3 Å². The van der Waals surface area contributed by atoms with Crippen molar-refractivity contribution < 1.29 is 4.39 Å². The number of benzene rings is 1. The van der Waals surface area contributed by atoms with Crippen LogP contribution in [0.4, 0.5) is 4.39 Å². The van der Waals surface area contributed by atoms with E-state index >= 15 is 0 Å². The van der Waals surface area contributed by atoms with Crippen molar-refractivity contribution in [3.05, 3.63) is 35.1 Å². The quantitative estimate of drug-likeness (QED) is 0.827. The smallest absolute Gasteiger partial charge is 0.126 e. The Hall–Kier alpha value is -0.600. The first-order valence-electron chi connectivity index (χ1n) is 5.20. The van der Waals surface area contributed by atoms with Gasteiger partial charge in [0.25, 0.3) is 0 Å². The van der Waals surface area contributed by atoms with Gasteiger partial charge in [0.1, 0.15) is 5.82 Å². The molecule has 1 fully saturated rings. The fourth-order valence-electron chi connectivity index (χ4n) is 1.95. The third-order valence-corrected chi connectivity index (χ3v) is 3.22. The normalized spacial score (nSPS) is 17.8. The van der Waals surface area contributed by atoms with E-state index < -0.39 is 0 Å².